The molecule has 1 saturated heterocycles. The normalized spacial score (nSPS) is 18.8. The monoisotopic (exact) mass is 276 g/mol. The van der Waals surface area contributed by atoms with Crippen molar-refractivity contribution in [2.24, 2.45) is 0 Å². The highest BCUT2D eigenvalue weighted by molar-refractivity contribution is 5.95. The first kappa shape index (κ1) is 14.5. The summed E-state index contributed by atoms with van der Waals surface area (Å²) >= 11 is 0. The molecule has 0 bridgehead atoms. The lowest BCUT2D eigenvalue weighted by atomic mass is 10.0. The van der Waals surface area contributed by atoms with Gasteiger partial charge in [0.05, 0.1) is 13.0 Å². The van der Waals surface area contributed by atoms with Gasteiger partial charge in [-0.15, -0.1) is 0 Å². The average molecular weight is 276 g/mol. The Morgan fingerprint density at radius 3 is 2.70 bits per heavy atom. The van der Waals surface area contributed by atoms with Crippen LogP contribution in [0.4, 0.5) is 5.69 Å². The molecule has 108 valence electrons. The van der Waals surface area contributed by atoms with Crippen molar-refractivity contribution in [1.29, 1.82) is 0 Å². The number of hydrogen-bond donors (Lipinski definition) is 2. The molecule has 2 N–H and O–H groups in total. The molecule has 0 aromatic heterocycles. The first-order valence-corrected chi connectivity index (χ1v) is 6.85. The van der Waals surface area contributed by atoms with E-state index in [9.17, 15) is 9.59 Å². The van der Waals surface area contributed by atoms with Crippen LogP contribution in [0.3, 0.4) is 0 Å². The van der Waals surface area contributed by atoms with Gasteiger partial charge in [0.25, 0.3) is 0 Å². The van der Waals surface area contributed by atoms with Crippen LogP contribution in [-0.4, -0.2) is 31.1 Å². The van der Waals surface area contributed by atoms with Crippen molar-refractivity contribution in [1.82, 2.24) is 5.32 Å². The van der Waals surface area contributed by atoms with Crippen molar-refractivity contribution in [2.45, 2.75) is 32.3 Å². The van der Waals surface area contributed by atoms with Crippen molar-refractivity contribution >= 4 is 17.5 Å². The molecule has 1 aliphatic rings. The number of rotatable bonds is 4. The number of hydrogen-bond acceptors (Lipinski definition) is 3. The summed E-state index contributed by atoms with van der Waals surface area (Å²) in [5.41, 5.74) is 1.95. The smallest absolute Gasteiger partial charge is 0.249 e. The van der Waals surface area contributed by atoms with Gasteiger partial charge in [0, 0.05) is 12.2 Å². The van der Waals surface area contributed by atoms with E-state index in [0.717, 1.165) is 5.69 Å². The van der Waals surface area contributed by atoms with Gasteiger partial charge in [-0.1, -0.05) is 26.0 Å². The lowest BCUT2D eigenvalue weighted by Crippen LogP contribution is -2.45. The van der Waals surface area contributed by atoms with E-state index in [-0.39, 0.29) is 18.2 Å². The first-order valence-electron chi connectivity index (χ1n) is 6.85. The lowest BCUT2D eigenvalue weighted by molar-refractivity contribution is -0.141. The van der Waals surface area contributed by atoms with Gasteiger partial charge in [-0.25, -0.2) is 0 Å². The van der Waals surface area contributed by atoms with Gasteiger partial charge in [-0.05, 0) is 23.6 Å². The molecule has 0 saturated carbocycles. The molecule has 1 aliphatic heterocycles. The number of ether oxygens (including phenoxy) is 1. The zero-order valence-electron chi connectivity index (χ0n) is 11.8. The van der Waals surface area contributed by atoms with Crippen molar-refractivity contribution in [3.8, 4) is 0 Å². The molecule has 0 aliphatic carbocycles. The predicted molar refractivity (Wildman–Crippen MR) is 76.5 cm³/mol. The van der Waals surface area contributed by atoms with E-state index in [4.69, 9.17) is 4.74 Å². The quantitative estimate of drug-likeness (QED) is 0.878. The molecule has 1 fully saturated rings. The Labute approximate surface area is 118 Å². The minimum absolute atomic E-state index is 0.0394. The molecule has 1 heterocycles. The lowest BCUT2D eigenvalue weighted by Gasteiger charge is -2.22. The van der Waals surface area contributed by atoms with E-state index in [2.05, 4.69) is 24.5 Å². The zero-order chi connectivity index (χ0) is 14.5. The highest BCUT2D eigenvalue weighted by Crippen LogP contribution is 2.17. The van der Waals surface area contributed by atoms with E-state index in [1.165, 1.54) is 5.56 Å². The molecule has 1 aromatic rings. The molecular weight excluding hydrogens is 256 g/mol. The number of anilines is 1. The second-order valence-corrected chi connectivity index (χ2v) is 5.18. The molecule has 0 unspecified atom stereocenters. The molecule has 1 aromatic carbocycles. The van der Waals surface area contributed by atoms with Crippen molar-refractivity contribution in [3.05, 3.63) is 29.8 Å². The van der Waals surface area contributed by atoms with E-state index < -0.39 is 6.10 Å². The Balaban J connectivity index is 1.89. The van der Waals surface area contributed by atoms with Gasteiger partial charge in [0.2, 0.25) is 11.8 Å². The van der Waals surface area contributed by atoms with E-state index >= 15 is 0 Å². The van der Waals surface area contributed by atoms with E-state index in [1.807, 2.05) is 24.3 Å². The van der Waals surface area contributed by atoms with Gasteiger partial charge < -0.3 is 15.4 Å². The fourth-order valence-corrected chi connectivity index (χ4v) is 2.05. The second-order valence-electron chi connectivity index (χ2n) is 5.18. The van der Waals surface area contributed by atoms with Gasteiger partial charge in [0.15, 0.2) is 0 Å². The summed E-state index contributed by atoms with van der Waals surface area (Å²) in [5.74, 6) is 0.0185. The Hall–Kier alpha value is -1.88. The third-order valence-corrected chi connectivity index (χ3v) is 3.24. The number of morpholine rings is 1. The second kappa shape index (κ2) is 6.52. The van der Waals surface area contributed by atoms with Gasteiger partial charge in [-0.3, -0.25) is 9.59 Å². The Bertz CT molecular complexity index is 482. The van der Waals surface area contributed by atoms with Crippen LogP contribution in [0.25, 0.3) is 0 Å². The van der Waals surface area contributed by atoms with Crippen LogP contribution in [-0.2, 0) is 14.3 Å². The predicted octanol–water partition coefficient (Wildman–Crippen LogP) is 1.65. The van der Waals surface area contributed by atoms with Crippen molar-refractivity contribution in [3.63, 3.8) is 0 Å². The molecule has 2 amide bonds. The van der Waals surface area contributed by atoms with Crippen LogP contribution >= 0.6 is 0 Å². The molecule has 1 atom stereocenters. The average Bonchev–Trinajstić information content (AvgIpc) is 2.42. The number of carbonyl (C=O) groups is 2. The maximum Gasteiger partial charge on any atom is 0.249 e. The SMILES string of the molecule is CC(C)c1ccc(NC(=O)C[C@H]2OCCNC2=O)cc1. The third kappa shape index (κ3) is 3.81. The number of nitrogens with one attached hydrogen (secondary N) is 2. The van der Waals surface area contributed by atoms with Crippen LogP contribution in [0.2, 0.25) is 0 Å². The number of amides is 2. The van der Waals surface area contributed by atoms with Gasteiger partial charge in [0.1, 0.15) is 6.10 Å². The Kier molecular flexibility index (Phi) is 4.74. The van der Waals surface area contributed by atoms with Crippen molar-refractivity contribution < 1.29 is 14.3 Å². The Morgan fingerprint density at radius 2 is 2.10 bits per heavy atom. The van der Waals surface area contributed by atoms with Crippen molar-refractivity contribution in [2.75, 3.05) is 18.5 Å². The van der Waals surface area contributed by atoms with Crippen LogP contribution in [0, 0.1) is 0 Å². The molecular formula is C15H20N2O3. The Morgan fingerprint density at radius 1 is 1.40 bits per heavy atom. The maximum absolute atomic E-state index is 11.9. The fourth-order valence-electron chi connectivity index (χ4n) is 2.05. The van der Waals surface area contributed by atoms with Crippen LogP contribution < -0.4 is 10.6 Å². The van der Waals surface area contributed by atoms with Gasteiger partial charge in [-0.2, -0.15) is 0 Å². The zero-order valence-corrected chi connectivity index (χ0v) is 11.8. The van der Waals surface area contributed by atoms with Gasteiger partial charge >= 0.3 is 0 Å². The molecule has 0 spiro atoms. The standard InChI is InChI=1S/C15H20N2O3/c1-10(2)11-3-5-12(6-4-11)17-14(18)9-13-15(19)16-7-8-20-13/h3-6,10,13H,7-9H2,1-2H3,(H,16,19)(H,17,18)/t13-/m1/s1. The molecule has 5 heteroatoms. The van der Waals surface area contributed by atoms with Crippen LogP contribution in [0.1, 0.15) is 31.7 Å². The summed E-state index contributed by atoms with van der Waals surface area (Å²) in [7, 11) is 0. The summed E-state index contributed by atoms with van der Waals surface area (Å²) < 4.78 is 5.28. The largest absolute Gasteiger partial charge is 0.366 e. The topological polar surface area (TPSA) is 67.4 Å². The minimum atomic E-state index is -0.682. The maximum atomic E-state index is 11.9. The highest BCUT2D eigenvalue weighted by Gasteiger charge is 2.25. The summed E-state index contributed by atoms with van der Waals surface area (Å²) in [6.45, 7) is 5.19. The number of carbonyl (C=O) groups excluding carboxylic acids is 2. The fraction of sp³-hybridized carbons (Fsp3) is 0.467. The first-order chi connectivity index (χ1) is 9.56. The summed E-state index contributed by atoms with van der Waals surface area (Å²) in [6, 6.07) is 7.72. The van der Waals surface area contributed by atoms with Crippen LogP contribution in [0.15, 0.2) is 24.3 Å². The molecule has 20 heavy (non-hydrogen) atoms. The summed E-state index contributed by atoms with van der Waals surface area (Å²) in [4.78, 5) is 23.4. The van der Waals surface area contributed by atoms with E-state index in [1.54, 1.807) is 0 Å². The summed E-state index contributed by atoms with van der Waals surface area (Å²) in [6.07, 6.45) is -0.642. The van der Waals surface area contributed by atoms with Crippen LogP contribution in [0.5, 0.6) is 0 Å². The van der Waals surface area contributed by atoms with E-state index in [0.29, 0.717) is 19.1 Å². The summed E-state index contributed by atoms with van der Waals surface area (Å²) in [5, 5.41) is 5.45. The minimum Gasteiger partial charge on any atom is -0.366 e. The molecule has 5 nitrogen and oxygen atoms in total. The highest BCUT2D eigenvalue weighted by atomic mass is 16.5. The number of benzene rings is 1. The molecule has 2 rings (SSSR count). The third-order valence-electron chi connectivity index (χ3n) is 3.24. The molecule has 0 radical (unpaired) electrons.